The Hall–Kier alpha value is -1.71. The number of nitrogens with two attached hydrogens (primary N) is 2. The van der Waals surface area contributed by atoms with Gasteiger partial charge in [-0.05, 0) is 31.5 Å². The molecule has 0 spiro atoms. The summed E-state index contributed by atoms with van der Waals surface area (Å²) < 4.78 is 0. The van der Waals surface area contributed by atoms with Gasteiger partial charge < -0.3 is 16.8 Å². The number of benzene rings is 1. The third-order valence-corrected chi connectivity index (χ3v) is 2.09. The molecule has 0 aliphatic rings. The molecule has 14 heavy (non-hydrogen) atoms. The van der Waals surface area contributed by atoms with Crippen LogP contribution in [0.4, 0.5) is 11.4 Å². The van der Waals surface area contributed by atoms with Crippen molar-refractivity contribution in [3.05, 3.63) is 23.8 Å². The zero-order valence-electron chi connectivity index (χ0n) is 8.37. The summed E-state index contributed by atoms with van der Waals surface area (Å²) in [6.45, 7) is 3.63. The molecule has 1 aromatic carbocycles. The second kappa shape index (κ2) is 4.00. The zero-order valence-corrected chi connectivity index (χ0v) is 8.37. The van der Waals surface area contributed by atoms with E-state index in [9.17, 15) is 4.79 Å². The maximum atomic E-state index is 10.8. The number of hydrogen-bond acceptors (Lipinski definition) is 3. The minimum absolute atomic E-state index is 0.385. The second-order valence-corrected chi connectivity index (χ2v) is 3.34. The fourth-order valence-corrected chi connectivity index (χ4v) is 1.05. The number of anilines is 2. The van der Waals surface area contributed by atoms with Crippen LogP contribution in [-0.4, -0.2) is 11.9 Å². The number of hydrogen-bond donors (Lipinski definition) is 3. The van der Waals surface area contributed by atoms with Crippen LogP contribution in [0.2, 0.25) is 0 Å². The fraction of sp³-hybridized carbons (Fsp3) is 0.300. The molecule has 1 rings (SSSR count). The number of carbonyl (C=O) groups excluding carboxylic acids is 1. The van der Waals surface area contributed by atoms with E-state index in [1.54, 1.807) is 13.0 Å². The minimum Gasteiger partial charge on any atom is -0.398 e. The Balaban J connectivity index is 2.78. The molecule has 76 valence electrons. The molecule has 0 bridgehead atoms. The number of nitrogen functional groups attached to an aromatic ring is 1. The van der Waals surface area contributed by atoms with Crippen molar-refractivity contribution in [3.63, 3.8) is 0 Å². The standard InChI is InChI=1S/C10H15N3O/c1-6-3-4-8(5-9(6)11)13-7(2)10(12)14/h3-5,7,13H,11H2,1-2H3,(H2,12,14). The molecule has 0 aliphatic heterocycles. The van der Waals surface area contributed by atoms with E-state index in [2.05, 4.69) is 5.32 Å². The Morgan fingerprint density at radius 1 is 1.50 bits per heavy atom. The van der Waals surface area contributed by atoms with Crippen LogP contribution < -0.4 is 16.8 Å². The van der Waals surface area contributed by atoms with Gasteiger partial charge in [0.05, 0.1) is 0 Å². The summed E-state index contributed by atoms with van der Waals surface area (Å²) in [6.07, 6.45) is 0. The van der Waals surface area contributed by atoms with E-state index >= 15 is 0 Å². The average Bonchev–Trinajstić information content (AvgIpc) is 2.11. The van der Waals surface area contributed by atoms with Gasteiger partial charge in [0, 0.05) is 11.4 Å². The first-order valence-electron chi connectivity index (χ1n) is 4.42. The molecule has 4 nitrogen and oxygen atoms in total. The van der Waals surface area contributed by atoms with Gasteiger partial charge in [0.1, 0.15) is 6.04 Å². The predicted octanol–water partition coefficient (Wildman–Crippen LogP) is 0.863. The van der Waals surface area contributed by atoms with Gasteiger partial charge >= 0.3 is 0 Å². The quantitative estimate of drug-likeness (QED) is 0.623. The van der Waals surface area contributed by atoms with Crippen molar-refractivity contribution in [3.8, 4) is 0 Å². The first kappa shape index (κ1) is 10.4. The summed E-state index contributed by atoms with van der Waals surface area (Å²) >= 11 is 0. The molecule has 0 saturated heterocycles. The molecular weight excluding hydrogens is 178 g/mol. The molecule has 0 fully saturated rings. The molecule has 0 radical (unpaired) electrons. The smallest absolute Gasteiger partial charge is 0.239 e. The maximum Gasteiger partial charge on any atom is 0.239 e. The van der Waals surface area contributed by atoms with Crippen LogP contribution in [0.5, 0.6) is 0 Å². The molecular formula is C10H15N3O. The van der Waals surface area contributed by atoms with Crippen molar-refractivity contribution in [2.45, 2.75) is 19.9 Å². The topological polar surface area (TPSA) is 81.1 Å². The van der Waals surface area contributed by atoms with Crippen LogP contribution in [-0.2, 0) is 4.79 Å². The predicted molar refractivity (Wildman–Crippen MR) is 57.9 cm³/mol. The number of primary amides is 1. The highest BCUT2D eigenvalue weighted by Gasteiger charge is 2.07. The highest BCUT2D eigenvalue weighted by atomic mass is 16.1. The summed E-state index contributed by atoms with van der Waals surface area (Å²) in [7, 11) is 0. The Labute approximate surface area is 83.3 Å². The van der Waals surface area contributed by atoms with Crippen LogP contribution in [0.25, 0.3) is 0 Å². The number of amides is 1. The van der Waals surface area contributed by atoms with Gasteiger partial charge in [-0.2, -0.15) is 0 Å². The van der Waals surface area contributed by atoms with Gasteiger partial charge in [0.15, 0.2) is 0 Å². The third kappa shape index (κ3) is 2.39. The van der Waals surface area contributed by atoms with Crippen molar-refractivity contribution in [1.29, 1.82) is 0 Å². The van der Waals surface area contributed by atoms with Gasteiger partial charge in [-0.25, -0.2) is 0 Å². The number of rotatable bonds is 3. The SMILES string of the molecule is Cc1ccc(NC(C)C(N)=O)cc1N. The highest BCUT2D eigenvalue weighted by molar-refractivity contribution is 5.82. The van der Waals surface area contributed by atoms with E-state index in [1.165, 1.54) is 0 Å². The van der Waals surface area contributed by atoms with E-state index in [0.717, 1.165) is 11.3 Å². The van der Waals surface area contributed by atoms with Crippen molar-refractivity contribution >= 4 is 17.3 Å². The Kier molecular flexibility index (Phi) is 2.96. The van der Waals surface area contributed by atoms with Gasteiger partial charge in [0.25, 0.3) is 0 Å². The monoisotopic (exact) mass is 193 g/mol. The number of nitrogens with one attached hydrogen (secondary N) is 1. The molecule has 1 unspecified atom stereocenters. The molecule has 1 amide bonds. The summed E-state index contributed by atoms with van der Waals surface area (Å²) in [4.78, 5) is 10.8. The zero-order chi connectivity index (χ0) is 10.7. The fourth-order valence-electron chi connectivity index (χ4n) is 1.05. The molecule has 1 aromatic rings. The summed E-state index contributed by atoms with van der Waals surface area (Å²) in [6, 6.07) is 5.16. The Bertz CT molecular complexity index is 349. The van der Waals surface area contributed by atoms with E-state index < -0.39 is 6.04 Å². The Morgan fingerprint density at radius 2 is 2.14 bits per heavy atom. The molecule has 0 aliphatic carbocycles. The van der Waals surface area contributed by atoms with E-state index in [-0.39, 0.29) is 5.91 Å². The van der Waals surface area contributed by atoms with Gasteiger partial charge in [-0.1, -0.05) is 6.07 Å². The van der Waals surface area contributed by atoms with Gasteiger partial charge in [0.2, 0.25) is 5.91 Å². The molecule has 0 heterocycles. The summed E-state index contributed by atoms with van der Waals surface area (Å²) in [5, 5.41) is 2.95. The van der Waals surface area contributed by atoms with Crippen LogP contribution in [0.15, 0.2) is 18.2 Å². The summed E-state index contributed by atoms with van der Waals surface area (Å²) in [5.74, 6) is -0.385. The van der Waals surface area contributed by atoms with Crippen LogP contribution in [0.1, 0.15) is 12.5 Å². The molecule has 0 aromatic heterocycles. The first-order chi connectivity index (χ1) is 6.50. The molecule has 5 N–H and O–H groups in total. The van der Waals surface area contributed by atoms with E-state index in [1.807, 2.05) is 19.1 Å². The second-order valence-electron chi connectivity index (χ2n) is 3.34. The number of carbonyl (C=O) groups is 1. The van der Waals surface area contributed by atoms with Crippen molar-refractivity contribution < 1.29 is 4.79 Å². The van der Waals surface area contributed by atoms with Gasteiger partial charge in [-0.3, -0.25) is 4.79 Å². The Morgan fingerprint density at radius 3 is 2.64 bits per heavy atom. The lowest BCUT2D eigenvalue weighted by molar-refractivity contribution is -0.118. The maximum absolute atomic E-state index is 10.8. The van der Waals surface area contributed by atoms with Gasteiger partial charge in [-0.15, -0.1) is 0 Å². The van der Waals surface area contributed by atoms with Crippen LogP contribution in [0.3, 0.4) is 0 Å². The number of aryl methyl sites for hydroxylation is 1. The third-order valence-electron chi connectivity index (χ3n) is 2.09. The molecule has 1 atom stereocenters. The lowest BCUT2D eigenvalue weighted by Gasteiger charge is -2.12. The van der Waals surface area contributed by atoms with E-state index in [4.69, 9.17) is 11.5 Å². The van der Waals surface area contributed by atoms with Crippen LogP contribution >= 0.6 is 0 Å². The molecule has 4 heteroatoms. The lowest BCUT2D eigenvalue weighted by Crippen LogP contribution is -2.32. The average molecular weight is 193 g/mol. The largest absolute Gasteiger partial charge is 0.398 e. The van der Waals surface area contributed by atoms with Crippen molar-refractivity contribution in [2.75, 3.05) is 11.1 Å². The lowest BCUT2D eigenvalue weighted by atomic mass is 10.2. The minimum atomic E-state index is -0.392. The normalized spacial score (nSPS) is 12.1. The van der Waals surface area contributed by atoms with Crippen molar-refractivity contribution in [2.24, 2.45) is 5.73 Å². The van der Waals surface area contributed by atoms with E-state index in [0.29, 0.717) is 5.69 Å². The van der Waals surface area contributed by atoms with Crippen LogP contribution in [0, 0.1) is 6.92 Å². The summed E-state index contributed by atoms with van der Waals surface area (Å²) in [5.41, 5.74) is 13.4. The van der Waals surface area contributed by atoms with Crippen molar-refractivity contribution in [1.82, 2.24) is 0 Å². The highest BCUT2D eigenvalue weighted by Crippen LogP contribution is 2.17. The molecule has 0 saturated carbocycles. The first-order valence-corrected chi connectivity index (χ1v) is 4.42.